The molecule has 0 saturated carbocycles. The van der Waals surface area contributed by atoms with Crippen molar-refractivity contribution in [2.24, 2.45) is 0 Å². The maximum Gasteiger partial charge on any atom is 0.254 e. The van der Waals surface area contributed by atoms with Gasteiger partial charge < -0.3 is 4.90 Å². The van der Waals surface area contributed by atoms with Gasteiger partial charge in [-0.1, -0.05) is 18.2 Å². The molecule has 0 aliphatic carbocycles. The maximum atomic E-state index is 12.3. The normalized spacial score (nSPS) is 17.9. The van der Waals surface area contributed by atoms with Crippen LogP contribution in [0.4, 0.5) is 0 Å². The van der Waals surface area contributed by atoms with Crippen LogP contribution >= 0.6 is 0 Å². The lowest BCUT2D eigenvalue weighted by atomic mass is 9.99. The third-order valence-electron chi connectivity index (χ3n) is 3.42. The number of carbonyl (C=O) groups excluding carboxylic acids is 1. The van der Waals surface area contributed by atoms with Crippen LogP contribution in [0.5, 0.6) is 0 Å². The minimum Gasteiger partial charge on any atom is -0.328 e. The van der Waals surface area contributed by atoms with Gasteiger partial charge in [-0.3, -0.25) is 9.78 Å². The molecule has 0 spiro atoms. The van der Waals surface area contributed by atoms with Crippen molar-refractivity contribution >= 4 is 5.91 Å². The van der Waals surface area contributed by atoms with E-state index in [1.807, 2.05) is 48.2 Å². The van der Waals surface area contributed by atoms with Crippen molar-refractivity contribution < 1.29 is 4.79 Å². The van der Waals surface area contributed by atoms with E-state index in [0.717, 1.165) is 16.7 Å². The third kappa shape index (κ3) is 1.51. The van der Waals surface area contributed by atoms with Gasteiger partial charge in [0.1, 0.15) is 0 Å². The smallest absolute Gasteiger partial charge is 0.254 e. The van der Waals surface area contributed by atoms with E-state index in [1.165, 1.54) is 0 Å². The second-order valence-corrected chi connectivity index (χ2v) is 4.36. The molecule has 90 valence electrons. The lowest BCUT2D eigenvalue weighted by molar-refractivity contribution is 0.0759. The van der Waals surface area contributed by atoms with Crippen LogP contribution in [0.3, 0.4) is 0 Å². The molecule has 0 saturated heterocycles. The fraction of sp³-hybridized carbons (Fsp3) is 0.200. The monoisotopic (exact) mass is 238 g/mol. The summed E-state index contributed by atoms with van der Waals surface area (Å²) in [7, 11) is 0. The maximum absolute atomic E-state index is 12.3. The van der Waals surface area contributed by atoms with Gasteiger partial charge in [0.05, 0.1) is 6.04 Å². The Morgan fingerprint density at radius 2 is 1.89 bits per heavy atom. The predicted octanol–water partition coefficient (Wildman–Crippen LogP) is 2.65. The first-order valence-corrected chi connectivity index (χ1v) is 6.12. The average molecular weight is 238 g/mol. The van der Waals surface area contributed by atoms with Crippen molar-refractivity contribution in [3.05, 3.63) is 65.5 Å². The van der Waals surface area contributed by atoms with Crippen molar-refractivity contribution in [1.82, 2.24) is 9.88 Å². The van der Waals surface area contributed by atoms with E-state index in [0.29, 0.717) is 6.54 Å². The molecular weight excluding hydrogens is 224 g/mol. The summed E-state index contributed by atoms with van der Waals surface area (Å²) in [6.07, 6.45) is 3.54. The Morgan fingerprint density at radius 3 is 2.61 bits per heavy atom. The molecule has 3 heteroatoms. The average Bonchev–Trinajstić information content (AvgIpc) is 2.73. The molecule has 2 heterocycles. The molecular formula is C15H14N2O. The van der Waals surface area contributed by atoms with E-state index in [2.05, 4.69) is 4.98 Å². The van der Waals surface area contributed by atoms with Crippen LogP contribution in [0.25, 0.3) is 0 Å². The summed E-state index contributed by atoms with van der Waals surface area (Å²) in [4.78, 5) is 18.3. The van der Waals surface area contributed by atoms with E-state index >= 15 is 0 Å². The molecule has 1 aromatic heterocycles. The summed E-state index contributed by atoms with van der Waals surface area (Å²) in [6.45, 7) is 2.72. The molecule has 0 fully saturated rings. The largest absolute Gasteiger partial charge is 0.328 e. The number of carbonyl (C=O) groups is 1. The number of amides is 1. The minimum atomic E-state index is 0.0294. The van der Waals surface area contributed by atoms with Crippen molar-refractivity contribution in [3.8, 4) is 0 Å². The van der Waals surface area contributed by atoms with Crippen molar-refractivity contribution in [2.45, 2.75) is 13.0 Å². The summed E-state index contributed by atoms with van der Waals surface area (Å²) in [5.41, 5.74) is 3.03. The molecule has 2 aromatic rings. The van der Waals surface area contributed by atoms with Gasteiger partial charge in [0.25, 0.3) is 5.91 Å². The highest BCUT2D eigenvalue weighted by Gasteiger charge is 2.36. The molecule has 1 atom stereocenters. The first kappa shape index (κ1) is 11.0. The highest BCUT2D eigenvalue weighted by atomic mass is 16.2. The number of rotatable bonds is 2. The molecule has 3 nitrogen and oxygen atoms in total. The highest BCUT2D eigenvalue weighted by molar-refractivity contribution is 5.99. The summed E-state index contributed by atoms with van der Waals surface area (Å²) in [6, 6.07) is 11.8. The van der Waals surface area contributed by atoms with Crippen LogP contribution in [0, 0.1) is 0 Å². The number of aromatic nitrogens is 1. The molecule has 3 rings (SSSR count). The first-order chi connectivity index (χ1) is 8.83. The molecule has 1 aromatic carbocycles. The highest BCUT2D eigenvalue weighted by Crippen LogP contribution is 2.37. The van der Waals surface area contributed by atoms with Crippen molar-refractivity contribution in [1.29, 1.82) is 0 Å². The second kappa shape index (κ2) is 4.26. The van der Waals surface area contributed by atoms with Crippen LogP contribution in [0.1, 0.15) is 34.5 Å². The second-order valence-electron chi connectivity index (χ2n) is 4.36. The van der Waals surface area contributed by atoms with E-state index in [-0.39, 0.29) is 11.9 Å². The number of benzene rings is 1. The van der Waals surface area contributed by atoms with Gasteiger partial charge in [-0.15, -0.1) is 0 Å². The standard InChI is InChI=1S/C15H14N2O/c1-2-17-14(11-7-9-16-10-8-11)12-5-3-4-6-13(12)15(17)18/h3-10,14H,2H2,1H3. The van der Waals surface area contributed by atoms with E-state index < -0.39 is 0 Å². The molecule has 0 radical (unpaired) electrons. The molecule has 0 N–H and O–H groups in total. The minimum absolute atomic E-state index is 0.0294. The van der Waals surface area contributed by atoms with E-state index in [1.54, 1.807) is 12.4 Å². The Morgan fingerprint density at radius 1 is 1.17 bits per heavy atom. The number of hydrogen-bond donors (Lipinski definition) is 0. The lowest BCUT2D eigenvalue weighted by Gasteiger charge is -2.24. The first-order valence-electron chi connectivity index (χ1n) is 6.12. The van der Waals surface area contributed by atoms with Gasteiger partial charge in [0.15, 0.2) is 0 Å². The Labute approximate surface area is 106 Å². The molecule has 1 amide bonds. The fourth-order valence-electron chi connectivity index (χ4n) is 2.60. The zero-order chi connectivity index (χ0) is 12.5. The number of fused-ring (bicyclic) bond motifs is 1. The van der Waals surface area contributed by atoms with Gasteiger partial charge in [0.2, 0.25) is 0 Å². The zero-order valence-corrected chi connectivity index (χ0v) is 10.2. The molecule has 18 heavy (non-hydrogen) atoms. The number of hydrogen-bond acceptors (Lipinski definition) is 2. The van der Waals surface area contributed by atoms with Crippen LogP contribution in [0.2, 0.25) is 0 Å². The Kier molecular flexibility index (Phi) is 2.59. The Bertz CT molecular complexity index is 580. The van der Waals surface area contributed by atoms with Crippen molar-refractivity contribution in [3.63, 3.8) is 0 Å². The quantitative estimate of drug-likeness (QED) is 0.805. The fourth-order valence-corrected chi connectivity index (χ4v) is 2.60. The van der Waals surface area contributed by atoms with Crippen molar-refractivity contribution in [2.75, 3.05) is 6.54 Å². The molecule has 1 unspecified atom stereocenters. The van der Waals surface area contributed by atoms with Crippen LogP contribution in [0.15, 0.2) is 48.8 Å². The Hall–Kier alpha value is -2.16. The number of pyridine rings is 1. The van der Waals surface area contributed by atoms with E-state index in [9.17, 15) is 4.79 Å². The summed E-state index contributed by atoms with van der Waals surface area (Å²) in [5.74, 6) is 0.120. The van der Waals surface area contributed by atoms with Gasteiger partial charge >= 0.3 is 0 Å². The van der Waals surface area contributed by atoms with Crippen LogP contribution in [-0.2, 0) is 0 Å². The topological polar surface area (TPSA) is 33.2 Å². The third-order valence-corrected chi connectivity index (χ3v) is 3.42. The van der Waals surface area contributed by atoms with Gasteiger partial charge in [-0.2, -0.15) is 0 Å². The van der Waals surface area contributed by atoms with Gasteiger partial charge in [-0.25, -0.2) is 0 Å². The molecule has 1 aliphatic heterocycles. The summed E-state index contributed by atoms with van der Waals surface area (Å²) in [5, 5.41) is 0. The lowest BCUT2D eigenvalue weighted by Crippen LogP contribution is -2.28. The summed E-state index contributed by atoms with van der Waals surface area (Å²) < 4.78 is 0. The SMILES string of the molecule is CCN1C(=O)c2ccccc2C1c1ccncc1. The van der Waals surface area contributed by atoms with Crippen LogP contribution < -0.4 is 0 Å². The van der Waals surface area contributed by atoms with Crippen LogP contribution in [-0.4, -0.2) is 22.3 Å². The molecule has 1 aliphatic rings. The summed E-state index contributed by atoms with van der Waals surface area (Å²) >= 11 is 0. The molecule has 0 bridgehead atoms. The number of nitrogens with zero attached hydrogens (tertiary/aromatic N) is 2. The van der Waals surface area contributed by atoms with E-state index in [4.69, 9.17) is 0 Å². The Balaban J connectivity index is 2.16. The van der Waals surface area contributed by atoms with Gasteiger partial charge in [0, 0.05) is 24.5 Å². The predicted molar refractivity (Wildman–Crippen MR) is 69.2 cm³/mol. The van der Waals surface area contributed by atoms with Gasteiger partial charge in [-0.05, 0) is 36.2 Å². The zero-order valence-electron chi connectivity index (χ0n) is 10.2.